The first-order chi connectivity index (χ1) is 11.8. The summed E-state index contributed by atoms with van der Waals surface area (Å²) < 4.78 is 44.7. The van der Waals surface area contributed by atoms with E-state index in [0.29, 0.717) is 21.9 Å². The molecule has 2 aromatic carbocycles. The molecule has 0 spiro atoms. The quantitative estimate of drug-likeness (QED) is 0.595. The van der Waals surface area contributed by atoms with E-state index in [2.05, 4.69) is 20.9 Å². The Labute approximate surface area is 149 Å². The number of nitrogens with zero attached hydrogens (tertiary/aromatic N) is 2. The molecule has 8 heteroatoms. The summed E-state index contributed by atoms with van der Waals surface area (Å²) in [6.45, 7) is 1.36. The van der Waals surface area contributed by atoms with E-state index < -0.39 is 12.1 Å². The highest BCUT2D eigenvalue weighted by Crippen LogP contribution is 2.30. The number of hydrogen-bond acceptors (Lipinski definition) is 3. The minimum absolute atomic E-state index is 0.111. The molecule has 1 amide bonds. The molecule has 1 aromatic heterocycles. The molecule has 0 fully saturated rings. The Morgan fingerprint density at radius 1 is 1.24 bits per heavy atom. The van der Waals surface area contributed by atoms with Crippen LogP contribution in [0.15, 0.2) is 51.4 Å². The highest BCUT2D eigenvalue weighted by molar-refractivity contribution is 9.10. The van der Waals surface area contributed by atoms with Crippen molar-refractivity contribution in [2.45, 2.75) is 13.1 Å². The number of hydrogen-bond donors (Lipinski definition) is 0. The van der Waals surface area contributed by atoms with E-state index in [1.165, 1.54) is 25.1 Å². The Kier molecular flexibility index (Phi) is 4.55. The van der Waals surface area contributed by atoms with Gasteiger partial charge in [0.1, 0.15) is 5.52 Å². The summed E-state index contributed by atoms with van der Waals surface area (Å²) in [5.74, 6) is -1.57. The van der Waals surface area contributed by atoms with Crippen LogP contribution in [0.4, 0.5) is 18.9 Å². The number of carbonyl (C=O) groups excluding carboxylic acids is 1. The van der Waals surface area contributed by atoms with Crippen LogP contribution in [-0.4, -0.2) is 23.6 Å². The standard InChI is InChI=1S/C17H12BrF3N2O2/c1-2-23(16(24)17(19,20)21)12-6-7-14-13(9-12)22-15(25-14)10-4-3-5-11(18)8-10/h3-9H,2H2,1H3. The SMILES string of the molecule is CCN(C(=O)C(F)(F)F)c1ccc2oc(-c3cccc(Br)c3)nc2c1. The van der Waals surface area contributed by atoms with Crippen molar-refractivity contribution in [3.8, 4) is 11.5 Å². The first-order valence-corrected chi connectivity index (χ1v) is 8.14. The van der Waals surface area contributed by atoms with E-state index in [-0.39, 0.29) is 12.2 Å². The van der Waals surface area contributed by atoms with Crippen LogP contribution in [0.2, 0.25) is 0 Å². The van der Waals surface area contributed by atoms with Crippen molar-refractivity contribution in [1.82, 2.24) is 4.98 Å². The van der Waals surface area contributed by atoms with Crippen molar-refractivity contribution in [3.63, 3.8) is 0 Å². The molecule has 0 N–H and O–H groups in total. The molecule has 0 aliphatic heterocycles. The number of anilines is 1. The van der Waals surface area contributed by atoms with E-state index in [1.807, 2.05) is 24.3 Å². The molecule has 0 aliphatic carbocycles. The predicted octanol–water partition coefficient (Wildman–Crippen LogP) is 5.17. The third kappa shape index (κ3) is 3.53. The number of oxazole rings is 1. The highest BCUT2D eigenvalue weighted by atomic mass is 79.9. The van der Waals surface area contributed by atoms with E-state index in [0.717, 1.165) is 10.0 Å². The van der Waals surface area contributed by atoms with Crippen molar-refractivity contribution in [1.29, 1.82) is 0 Å². The third-order valence-corrected chi connectivity index (χ3v) is 4.05. The molecule has 3 aromatic rings. The average Bonchev–Trinajstić information content (AvgIpc) is 2.98. The second kappa shape index (κ2) is 6.51. The molecule has 1 heterocycles. The summed E-state index contributed by atoms with van der Waals surface area (Å²) in [7, 11) is 0. The number of alkyl halides is 3. The molecular formula is C17H12BrF3N2O2. The molecule has 0 saturated heterocycles. The second-order valence-electron chi connectivity index (χ2n) is 5.23. The lowest BCUT2D eigenvalue weighted by Gasteiger charge is -2.21. The fourth-order valence-electron chi connectivity index (χ4n) is 2.43. The largest absolute Gasteiger partial charge is 0.471 e. The van der Waals surface area contributed by atoms with E-state index in [4.69, 9.17) is 4.42 Å². The van der Waals surface area contributed by atoms with E-state index in [9.17, 15) is 18.0 Å². The maximum Gasteiger partial charge on any atom is 0.471 e. The van der Waals surface area contributed by atoms with E-state index in [1.54, 1.807) is 0 Å². The van der Waals surface area contributed by atoms with Gasteiger partial charge in [-0.05, 0) is 43.3 Å². The molecule has 25 heavy (non-hydrogen) atoms. The van der Waals surface area contributed by atoms with Crippen molar-refractivity contribution >= 4 is 38.6 Å². The summed E-state index contributed by atoms with van der Waals surface area (Å²) in [6, 6.07) is 11.6. The van der Waals surface area contributed by atoms with Crippen LogP contribution in [0.25, 0.3) is 22.6 Å². The number of fused-ring (bicyclic) bond motifs is 1. The van der Waals surface area contributed by atoms with Gasteiger partial charge in [-0.15, -0.1) is 0 Å². The second-order valence-corrected chi connectivity index (χ2v) is 6.14. The summed E-state index contributed by atoms with van der Waals surface area (Å²) in [4.78, 5) is 16.5. The predicted molar refractivity (Wildman–Crippen MR) is 91.2 cm³/mol. The first kappa shape index (κ1) is 17.5. The molecule has 0 aliphatic rings. The van der Waals surface area contributed by atoms with Crippen LogP contribution in [0.3, 0.4) is 0 Å². The zero-order valence-corrected chi connectivity index (χ0v) is 14.6. The lowest BCUT2D eigenvalue weighted by atomic mass is 10.2. The molecule has 130 valence electrons. The maximum absolute atomic E-state index is 12.7. The van der Waals surface area contributed by atoms with Gasteiger partial charge in [-0.1, -0.05) is 22.0 Å². The normalized spacial score (nSPS) is 11.7. The van der Waals surface area contributed by atoms with Gasteiger partial charge in [-0.2, -0.15) is 13.2 Å². The van der Waals surface area contributed by atoms with Crippen LogP contribution in [0.5, 0.6) is 0 Å². The van der Waals surface area contributed by atoms with Gasteiger partial charge in [0.05, 0.1) is 0 Å². The van der Waals surface area contributed by atoms with Gasteiger partial charge in [0, 0.05) is 22.3 Å². The number of aromatic nitrogens is 1. The Balaban J connectivity index is 2.01. The number of amides is 1. The number of rotatable bonds is 3. The van der Waals surface area contributed by atoms with Gasteiger partial charge in [0.2, 0.25) is 5.89 Å². The molecule has 0 saturated carbocycles. The van der Waals surface area contributed by atoms with Crippen LogP contribution < -0.4 is 4.90 Å². The zero-order valence-electron chi connectivity index (χ0n) is 13.0. The first-order valence-electron chi connectivity index (χ1n) is 7.35. The smallest absolute Gasteiger partial charge is 0.436 e. The molecule has 4 nitrogen and oxygen atoms in total. The Hall–Kier alpha value is -2.35. The fourth-order valence-corrected chi connectivity index (χ4v) is 2.82. The molecule has 3 rings (SSSR count). The number of benzene rings is 2. The minimum atomic E-state index is -4.93. The van der Waals surface area contributed by atoms with Crippen LogP contribution in [0, 0.1) is 0 Å². The Morgan fingerprint density at radius 3 is 2.64 bits per heavy atom. The van der Waals surface area contributed by atoms with Gasteiger partial charge in [0.15, 0.2) is 5.58 Å². The Morgan fingerprint density at radius 2 is 2.00 bits per heavy atom. The monoisotopic (exact) mass is 412 g/mol. The average molecular weight is 413 g/mol. The summed E-state index contributed by atoms with van der Waals surface area (Å²) in [5, 5.41) is 0. The number of carbonyl (C=O) groups is 1. The van der Waals surface area contributed by atoms with Crippen molar-refractivity contribution < 1.29 is 22.4 Å². The number of halogens is 4. The van der Waals surface area contributed by atoms with Crippen molar-refractivity contribution in [2.75, 3.05) is 11.4 Å². The minimum Gasteiger partial charge on any atom is -0.436 e. The van der Waals surface area contributed by atoms with Crippen LogP contribution >= 0.6 is 15.9 Å². The van der Waals surface area contributed by atoms with Gasteiger partial charge in [0.25, 0.3) is 0 Å². The van der Waals surface area contributed by atoms with E-state index >= 15 is 0 Å². The highest BCUT2D eigenvalue weighted by Gasteiger charge is 2.42. The zero-order chi connectivity index (χ0) is 18.2. The molecule has 0 unspecified atom stereocenters. The van der Waals surface area contributed by atoms with Crippen molar-refractivity contribution in [2.24, 2.45) is 0 Å². The molecule has 0 radical (unpaired) electrons. The van der Waals surface area contributed by atoms with Gasteiger partial charge >= 0.3 is 12.1 Å². The summed E-state index contributed by atoms with van der Waals surface area (Å²) in [6.07, 6.45) is -4.93. The Bertz CT molecular complexity index is 937. The van der Waals surface area contributed by atoms with Gasteiger partial charge < -0.3 is 9.32 Å². The van der Waals surface area contributed by atoms with Gasteiger partial charge in [-0.3, -0.25) is 4.79 Å². The molecular weight excluding hydrogens is 401 g/mol. The molecule has 0 bridgehead atoms. The van der Waals surface area contributed by atoms with Crippen LogP contribution in [0.1, 0.15) is 6.92 Å². The van der Waals surface area contributed by atoms with Crippen molar-refractivity contribution in [3.05, 3.63) is 46.9 Å². The lowest BCUT2D eigenvalue weighted by Crippen LogP contribution is -2.41. The topological polar surface area (TPSA) is 46.3 Å². The maximum atomic E-state index is 12.7. The summed E-state index contributed by atoms with van der Waals surface area (Å²) >= 11 is 3.36. The fraction of sp³-hybridized carbons (Fsp3) is 0.176. The third-order valence-electron chi connectivity index (χ3n) is 3.56. The lowest BCUT2D eigenvalue weighted by molar-refractivity contribution is -0.170. The van der Waals surface area contributed by atoms with Crippen LogP contribution in [-0.2, 0) is 4.79 Å². The molecule has 0 atom stereocenters. The summed E-state index contributed by atoms with van der Waals surface area (Å²) in [5.41, 5.74) is 1.65. The van der Waals surface area contributed by atoms with Gasteiger partial charge in [-0.25, -0.2) is 4.98 Å².